The molecule has 1 aliphatic carbocycles. The van der Waals surface area contributed by atoms with Gasteiger partial charge in [-0.05, 0) is 38.5 Å². The number of carbonyl (C=O) groups is 2. The first-order chi connectivity index (χ1) is 8.54. The van der Waals surface area contributed by atoms with Crippen LogP contribution in [0.3, 0.4) is 0 Å². The zero-order valence-electron chi connectivity index (χ0n) is 10.7. The smallest absolute Gasteiger partial charge is 0.332 e. The molecule has 0 spiro atoms. The van der Waals surface area contributed by atoms with Gasteiger partial charge in [-0.1, -0.05) is 0 Å². The van der Waals surface area contributed by atoms with Crippen molar-refractivity contribution < 1.29 is 19.4 Å². The number of esters is 1. The number of ether oxygens (including phenoxy) is 1. The molecular weight excluding hydrogens is 236 g/mol. The van der Waals surface area contributed by atoms with Gasteiger partial charge in [0.05, 0.1) is 12.7 Å². The molecular formula is C12H22N2O4. The highest BCUT2D eigenvalue weighted by atomic mass is 16.5. The van der Waals surface area contributed by atoms with Crippen molar-refractivity contribution in [3.8, 4) is 0 Å². The Bertz CT molecular complexity index is 288. The molecule has 4 N–H and O–H groups in total. The lowest BCUT2D eigenvalue weighted by Gasteiger charge is -2.25. The van der Waals surface area contributed by atoms with E-state index in [1.165, 1.54) is 0 Å². The van der Waals surface area contributed by atoms with Gasteiger partial charge in [-0.15, -0.1) is 0 Å². The zero-order chi connectivity index (χ0) is 13.5. The number of aliphatic hydroxyl groups is 1. The first-order valence-electron chi connectivity index (χ1n) is 6.42. The van der Waals surface area contributed by atoms with Gasteiger partial charge in [0.15, 0.2) is 6.04 Å². The van der Waals surface area contributed by atoms with Crippen molar-refractivity contribution in [1.29, 1.82) is 0 Å². The van der Waals surface area contributed by atoms with Gasteiger partial charge in [0.25, 0.3) is 0 Å². The quantitative estimate of drug-likeness (QED) is 0.458. The molecule has 0 aromatic carbocycles. The van der Waals surface area contributed by atoms with Gasteiger partial charge in [0.2, 0.25) is 5.91 Å². The van der Waals surface area contributed by atoms with E-state index in [9.17, 15) is 14.7 Å². The third-order valence-electron chi connectivity index (χ3n) is 3.20. The largest absolute Gasteiger partial charge is 0.464 e. The van der Waals surface area contributed by atoms with Gasteiger partial charge in [-0.3, -0.25) is 4.79 Å². The summed E-state index contributed by atoms with van der Waals surface area (Å²) in [6, 6.07) is -1.25. The molecule has 0 heterocycles. The normalized spacial score (nSPS) is 25.3. The molecule has 1 rings (SSSR count). The van der Waals surface area contributed by atoms with Crippen LogP contribution in [-0.4, -0.2) is 42.3 Å². The number of hydrogen-bond donors (Lipinski definition) is 3. The lowest BCUT2D eigenvalue weighted by Crippen LogP contribution is -2.48. The van der Waals surface area contributed by atoms with Crippen LogP contribution in [0.1, 0.15) is 32.6 Å². The number of nitrogens with two attached hydrogens (primary N) is 1. The molecule has 6 nitrogen and oxygen atoms in total. The first kappa shape index (κ1) is 14.9. The van der Waals surface area contributed by atoms with Crippen LogP contribution < -0.4 is 11.1 Å². The Morgan fingerprint density at radius 3 is 2.56 bits per heavy atom. The summed E-state index contributed by atoms with van der Waals surface area (Å²) in [5.74, 6) is -0.847. The lowest BCUT2D eigenvalue weighted by atomic mass is 9.87. The van der Waals surface area contributed by atoms with E-state index in [2.05, 4.69) is 10.1 Å². The van der Waals surface area contributed by atoms with Crippen LogP contribution in [0.15, 0.2) is 0 Å². The predicted molar refractivity (Wildman–Crippen MR) is 65.6 cm³/mol. The minimum absolute atomic E-state index is 0.209. The van der Waals surface area contributed by atoms with Crippen LogP contribution in [0.5, 0.6) is 0 Å². The predicted octanol–water partition coefficient (Wildman–Crippen LogP) is -0.456. The maximum atomic E-state index is 11.6. The van der Waals surface area contributed by atoms with Crippen molar-refractivity contribution in [3.05, 3.63) is 0 Å². The summed E-state index contributed by atoms with van der Waals surface area (Å²) >= 11 is 0. The Morgan fingerprint density at radius 2 is 2.00 bits per heavy atom. The summed E-state index contributed by atoms with van der Waals surface area (Å²) in [4.78, 5) is 22.8. The van der Waals surface area contributed by atoms with Gasteiger partial charge in [0, 0.05) is 6.54 Å². The van der Waals surface area contributed by atoms with E-state index < -0.39 is 17.9 Å². The molecule has 1 aliphatic rings. The maximum absolute atomic E-state index is 11.6. The molecule has 18 heavy (non-hydrogen) atoms. The molecule has 104 valence electrons. The molecule has 1 saturated carbocycles. The van der Waals surface area contributed by atoms with Crippen LogP contribution in [-0.2, 0) is 14.3 Å². The van der Waals surface area contributed by atoms with Crippen molar-refractivity contribution in [3.63, 3.8) is 0 Å². The Morgan fingerprint density at radius 1 is 1.39 bits per heavy atom. The molecule has 0 aliphatic heterocycles. The van der Waals surface area contributed by atoms with E-state index in [1.807, 2.05) is 0 Å². The summed E-state index contributed by atoms with van der Waals surface area (Å²) in [7, 11) is 0. The molecule has 0 saturated heterocycles. The Kier molecular flexibility index (Phi) is 6.07. The van der Waals surface area contributed by atoms with Crippen molar-refractivity contribution in [2.45, 2.75) is 44.8 Å². The minimum atomic E-state index is -1.25. The number of aliphatic hydroxyl groups excluding tert-OH is 1. The highest BCUT2D eigenvalue weighted by Gasteiger charge is 2.25. The number of nitrogens with one attached hydrogen (secondary N) is 1. The third kappa shape index (κ3) is 4.62. The van der Waals surface area contributed by atoms with Gasteiger partial charge in [-0.25, -0.2) is 4.79 Å². The Balaban J connectivity index is 2.26. The molecule has 0 aromatic rings. The number of carbonyl (C=O) groups excluding carboxylic acids is 2. The molecule has 1 fully saturated rings. The SMILES string of the molecule is CCOC(=O)C(N)C(=O)NCC1CCC(O)CC1. The van der Waals surface area contributed by atoms with Crippen LogP contribution in [0.25, 0.3) is 0 Å². The zero-order valence-corrected chi connectivity index (χ0v) is 10.7. The number of amides is 1. The molecule has 1 amide bonds. The second-order valence-electron chi connectivity index (χ2n) is 4.65. The van der Waals surface area contributed by atoms with E-state index in [-0.39, 0.29) is 12.7 Å². The Hall–Kier alpha value is -1.14. The summed E-state index contributed by atoms with van der Waals surface area (Å²) < 4.78 is 4.67. The highest BCUT2D eigenvalue weighted by Crippen LogP contribution is 2.23. The number of hydrogen-bond acceptors (Lipinski definition) is 5. The maximum Gasteiger partial charge on any atom is 0.332 e. The van der Waals surface area contributed by atoms with E-state index in [0.717, 1.165) is 25.7 Å². The van der Waals surface area contributed by atoms with Crippen LogP contribution >= 0.6 is 0 Å². The fraction of sp³-hybridized carbons (Fsp3) is 0.833. The van der Waals surface area contributed by atoms with Crippen molar-refractivity contribution in [2.75, 3.05) is 13.2 Å². The van der Waals surface area contributed by atoms with Gasteiger partial charge in [0.1, 0.15) is 0 Å². The highest BCUT2D eigenvalue weighted by molar-refractivity contribution is 6.01. The van der Waals surface area contributed by atoms with Crippen LogP contribution in [0.2, 0.25) is 0 Å². The third-order valence-corrected chi connectivity index (χ3v) is 3.20. The van der Waals surface area contributed by atoms with Crippen molar-refractivity contribution in [2.24, 2.45) is 11.7 Å². The molecule has 0 aromatic heterocycles. The molecule has 0 bridgehead atoms. The summed E-state index contributed by atoms with van der Waals surface area (Å²) in [5.41, 5.74) is 5.46. The van der Waals surface area contributed by atoms with E-state index in [4.69, 9.17) is 5.73 Å². The second kappa shape index (κ2) is 7.33. The van der Waals surface area contributed by atoms with E-state index in [1.54, 1.807) is 6.92 Å². The van der Waals surface area contributed by atoms with Crippen LogP contribution in [0.4, 0.5) is 0 Å². The van der Waals surface area contributed by atoms with Crippen LogP contribution in [0, 0.1) is 5.92 Å². The fourth-order valence-electron chi connectivity index (χ4n) is 2.04. The van der Waals surface area contributed by atoms with E-state index >= 15 is 0 Å². The molecule has 0 radical (unpaired) electrons. The summed E-state index contributed by atoms with van der Waals surface area (Å²) in [6.45, 7) is 2.37. The monoisotopic (exact) mass is 258 g/mol. The average molecular weight is 258 g/mol. The summed E-state index contributed by atoms with van der Waals surface area (Å²) in [6.07, 6.45) is 3.10. The van der Waals surface area contributed by atoms with Gasteiger partial charge in [-0.2, -0.15) is 0 Å². The van der Waals surface area contributed by atoms with Gasteiger partial charge >= 0.3 is 5.97 Å². The van der Waals surface area contributed by atoms with E-state index in [0.29, 0.717) is 12.5 Å². The molecule has 6 heteroatoms. The average Bonchev–Trinajstić information content (AvgIpc) is 2.37. The minimum Gasteiger partial charge on any atom is -0.464 e. The fourth-order valence-corrected chi connectivity index (χ4v) is 2.04. The topological polar surface area (TPSA) is 102 Å². The molecule has 1 unspecified atom stereocenters. The van der Waals surface area contributed by atoms with Crippen molar-refractivity contribution in [1.82, 2.24) is 5.32 Å². The first-order valence-corrected chi connectivity index (χ1v) is 6.42. The summed E-state index contributed by atoms with van der Waals surface area (Å²) in [5, 5.41) is 12.0. The van der Waals surface area contributed by atoms with Crippen molar-refractivity contribution >= 4 is 11.9 Å². The van der Waals surface area contributed by atoms with Gasteiger partial charge < -0.3 is 20.9 Å². The lowest BCUT2D eigenvalue weighted by molar-refractivity contribution is -0.148. The second-order valence-corrected chi connectivity index (χ2v) is 4.65. The standard InChI is InChI=1S/C12H22N2O4/c1-2-18-12(17)10(13)11(16)14-7-8-3-5-9(15)6-4-8/h8-10,15H,2-7,13H2,1H3,(H,14,16). The Labute approximate surface area is 107 Å². The number of rotatable bonds is 5. The molecule has 1 atom stereocenters.